The third kappa shape index (κ3) is 2.01. The number of aryl methyl sites for hydroxylation is 1. The maximum atomic E-state index is 3.56. The third-order valence-electron chi connectivity index (χ3n) is 2.97. The second kappa shape index (κ2) is 3.67. The summed E-state index contributed by atoms with van der Waals surface area (Å²) in [6.07, 6.45) is 0. The number of hydrogen-bond acceptors (Lipinski definition) is 1. The highest BCUT2D eigenvalue weighted by Gasteiger charge is 2.45. The molecule has 2 unspecified atom stereocenters. The first kappa shape index (κ1) is 10.2. The zero-order valence-corrected chi connectivity index (χ0v) is 10.3. The molecule has 1 aliphatic rings. The zero-order chi connectivity index (χ0) is 10.2. The molecule has 0 saturated carbocycles. The van der Waals surface area contributed by atoms with Crippen LogP contribution in [0.5, 0.6) is 0 Å². The van der Waals surface area contributed by atoms with Crippen LogP contribution in [-0.2, 0) is 6.54 Å². The van der Waals surface area contributed by atoms with Crippen molar-refractivity contribution in [3.05, 3.63) is 35.4 Å². The number of rotatable bonds is 3. The second-order valence-electron chi connectivity index (χ2n) is 4.47. The van der Waals surface area contributed by atoms with Gasteiger partial charge in [-0.1, -0.05) is 45.8 Å². The zero-order valence-electron chi connectivity index (χ0n) is 8.76. The Morgan fingerprint density at radius 3 is 2.50 bits per heavy atom. The molecule has 14 heavy (non-hydrogen) atoms. The van der Waals surface area contributed by atoms with E-state index in [9.17, 15) is 0 Å². The summed E-state index contributed by atoms with van der Waals surface area (Å²) in [5.74, 6) is 0. The molecule has 1 aromatic carbocycles. The van der Waals surface area contributed by atoms with Crippen LogP contribution in [-0.4, -0.2) is 22.3 Å². The lowest BCUT2D eigenvalue weighted by atomic mass is 10.1. The molecule has 2 heteroatoms. The summed E-state index contributed by atoms with van der Waals surface area (Å²) >= 11 is 3.56. The van der Waals surface area contributed by atoms with Crippen molar-refractivity contribution >= 4 is 15.9 Å². The predicted octanol–water partition coefficient (Wildman–Crippen LogP) is 2.96. The third-order valence-corrected chi connectivity index (χ3v) is 4.18. The molecular formula is C12H16BrN. The molecule has 2 rings (SSSR count). The molecule has 1 aliphatic heterocycles. The average Bonchev–Trinajstić information content (AvgIpc) is 2.82. The Kier molecular flexibility index (Phi) is 2.67. The molecular weight excluding hydrogens is 238 g/mol. The van der Waals surface area contributed by atoms with E-state index in [4.69, 9.17) is 0 Å². The maximum absolute atomic E-state index is 3.56. The van der Waals surface area contributed by atoms with Gasteiger partial charge in [0.1, 0.15) is 0 Å². The van der Waals surface area contributed by atoms with E-state index >= 15 is 0 Å². The fourth-order valence-electron chi connectivity index (χ4n) is 1.66. The number of alkyl halides is 1. The quantitative estimate of drug-likeness (QED) is 0.592. The van der Waals surface area contributed by atoms with Crippen LogP contribution in [0.4, 0.5) is 0 Å². The molecule has 1 saturated heterocycles. The van der Waals surface area contributed by atoms with E-state index in [0.717, 1.165) is 11.9 Å². The lowest BCUT2D eigenvalue weighted by Crippen LogP contribution is -2.15. The summed E-state index contributed by atoms with van der Waals surface area (Å²) in [5, 5.41) is 1.08. The minimum absolute atomic E-state index is 0.408. The number of halogens is 1. The smallest absolute Gasteiger partial charge is 0.0409 e. The van der Waals surface area contributed by atoms with E-state index < -0.39 is 0 Å². The first-order valence-corrected chi connectivity index (χ1v) is 6.13. The van der Waals surface area contributed by atoms with E-state index in [2.05, 4.69) is 58.9 Å². The fourth-order valence-corrected chi connectivity index (χ4v) is 2.20. The Morgan fingerprint density at radius 2 is 2.00 bits per heavy atom. The van der Waals surface area contributed by atoms with Gasteiger partial charge in [0.05, 0.1) is 0 Å². The molecule has 1 nitrogen and oxygen atoms in total. The summed E-state index contributed by atoms with van der Waals surface area (Å²) in [6.45, 7) is 6.73. The molecule has 0 radical (unpaired) electrons. The standard InChI is InChI=1S/C12H16BrN/c1-10-3-5-11(6-4-10)7-14-9-12(14,2)8-13/h3-6H,7-9H2,1-2H3. The highest BCUT2D eigenvalue weighted by atomic mass is 79.9. The minimum atomic E-state index is 0.408. The van der Waals surface area contributed by atoms with Crippen LogP contribution in [0.15, 0.2) is 24.3 Å². The second-order valence-corrected chi connectivity index (χ2v) is 5.03. The largest absolute Gasteiger partial charge is 0.290 e. The highest BCUT2D eigenvalue weighted by molar-refractivity contribution is 9.09. The van der Waals surface area contributed by atoms with Gasteiger partial charge >= 0.3 is 0 Å². The van der Waals surface area contributed by atoms with E-state index in [1.165, 1.54) is 17.7 Å². The normalized spacial score (nSPS) is 30.4. The summed E-state index contributed by atoms with van der Waals surface area (Å²) in [5.41, 5.74) is 3.16. The molecule has 1 aromatic rings. The predicted molar refractivity (Wildman–Crippen MR) is 63.8 cm³/mol. The Balaban J connectivity index is 1.97. The number of nitrogens with zero attached hydrogens (tertiary/aromatic N) is 1. The van der Waals surface area contributed by atoms with Gasteiger partial charge in [0.25, 0.3) is 0 Å². The van der Waals surface area contributed by atoms with Crippen molar-refractivity contribution in [3.8, 4) is 0 Å². The molecule has 0 bridgehead atoms. The van der Waals surface area contributed by atoms with Crippen LogP contribution in [0.1, 0.15) is 18.1 Å². The molecule has 1 fully saturated rings. The molecule has 0 aliphatic carbocycles. The first-order chi connectivity index (χ1) is 6.64. The van der Waals surface area contributed by atoms with Gasteiger partial charge in [0.2, 0.25) is 0 Å². The van der Waals surface area contributed by atoms with Crippen LogP contribution in [0.25, 0.3) is 0 Å². The van der Waals surface area contributed by atoms with Crippen molar-refractivity contribution in [1.29, 1.82) is 0 Å². The van der Waals surface area contributed by atoms with E-state index in [1.807, 2.05) is 0 Å². The van der Waals surface area contributed by atoms with Crippen LogP contribution < -0.4 is 0 Å². The highest BCUT2D eigenvalue weighted by Crippen LogP contribution is 2.34. The molecule has 2 atom stereocenters. The summed E-state index contributed by atoms with van der Waals surface area (Å²) < 4.78 is 0. The molecule has 0 N–H and O–H groups in total. The average molecular weight is 254 g/mol. The monoisotopic (exact) mass is 253 g/mol. The van der Waals surface area contributed by atoms with E-state index in [-0.39, 0.29) is 0 Å². The Labute approximate surface area is 94.2 Å². The Morgan fingerprint density at radius 1 is 1.36 bits per heavy atom. The summed E-state index contributed by atoms with van der Waals surface area (Å²) in [4.78, 5) is 2.49. The van der Waals surface area contributed by atoms with Gasteiger partial charge in [0, 0.05) is 24.0 Å². The summed E-state index contributed by atoms with van der Waals surface area (Å²) in [7, 11) is 0. The van der Waals surface area contributed by atoms with Crippen LogP contribution >= 0.6 is 15.9 Å². The lowest BCUT2D eigenvalue weighted by Gasteiger charge is -2.09. The van der Waals surface area contributed by atoms with Gasteiger partial charge in [-0.05, 0) is 19.4 Å². The Hall–Kier alpha value is -0.340. The van der Waals surface area contributed by atoms with Gasteiger partial charge < -0.3 is 0 Å². The van der Waals surface area contributed by atoms with Crippen LogP contribution in [0, 0.1) is 6.92 Å². The van der Waals surface area contributed by atoms with Crippen molar-refractivity contribution in [2.75, 3.05) is 11.9 Å². The van der Waals surface area contributed by atoms with Gasteiger partial charge in [-0.15, -0.1) is 0 Å². The van der Waals surface area contributed by atoms with Crippen molar-refractivity contribution in [2.45, 2.75) is 25.9 Å². The topological polar surface area (TPSA) is 3.01 Å². The first-order valence-electron chi connectivity index (χ1n) is 5.01. The van der Waals surface area contributed by atoms with Gasteiger partial charge in [0.15, 0.2) is 0 Å². The maximum Gasteiger partial charge on any atom is 0.0409 e. The van der Waals surface area contributed by atoms with E-state index in [1.54, 1.807) is 0 Å². The van der Waals surface area contributed by atoms with Crippen molar-refractivity contribution in [2.24, 2.45) is 0 Å². The van der Waals surface area contributed by atoms with Gasteiger partial charge in [-0.3, -0.25) is 4.90 Å². The lowest BCUT2D eigenvalue weighted by molar-refractivity contribution is 0.447. The van der Waals surface area contributed by atoms with Crippen molar-refractivity contribution in [3.63, 3.8) is 0 Å². The summed E-state index contributed by atoms with van der Waals surface area (Å²) in [6, 6.07) is 8.82. The Bertz CT molecular complexity index is 320. The number of hydrogen-bond donors (Lipinski definition) is 0. The van der Waals surface area contributed by atoms with Gasteiger partial charge in [-0.25, -0.2) is 0 Å². The van der Waals surface area contributed by atoms with Gasteiger partial charge in [-0.2, -0.15) is 0 Å². The van der Waals surface area contributed by atoms with Crippen LogP contribution in [0.2, 0.25) is 0 Å². The molecule has 0 spiro atoms. The SMILES string of the molecule is Cc1ccc(CN2CC2(C)CBr)cc1. The minimum Gasteiger partial charge on any atom is -0.290 e. The molecule has 0 aromatic heterocycles. The van der Waals surface area contributed by atoms with Crippen LogP contribution in [0.3, 0.4) is 0 Å². The molecule has 76 valence electrons. The number of benzene rings is 1. The van der Waals surface area contributed by atoms with Crippen molar-refractivity contribution in [1.82, 2.24) is 4.90 Å². The molecule has 0 amide bonds. The van der Waals surface area contributed by atoms with Crippen molar-refractivity contribution < 1.29 is 0 Å². The fraction of sp³-hybridized carbons (Fsp3) is 0.500. The van der Waals surface area contributed by atoms with E-state index in [0.29, 0.717) is 5.54 Å². The molecule has 1 heterocycles.